The van der Waals surface area contributed by atoms with Crippen molar-refractivity contribution in [1.82, 2.24) is 0 Å². The van der Waals surface area contributed by atoms with Crippen LogP contribution in [0.25, 0.3) is 5.57 Å². The Morgan fingerprint density at radius 2 is 1.83 bits per heavy atom. The van der Waals surface area contributed by atoms with Gasteiger partial charge in [0, 0.05) is 28.0 Å². The van der Waals surface area contributed by atoms with Crippen LogP contribution in [0.2, 0.25) is 0 Å². The SMILES string of the molecule is NC1=C(c2ccc(N)cc2)C=CC(N)([N+](=O)[O-])C1. The fraction of sp³-hybridized carbons (Fsp3) is 0.167. The van der Waals surface area contributed by atoms with Gasteiger partial charge >= 0.3 is 0 Å². The Bertz CT molecular complexity index is 548. The summed E-state index contributed by atoms with van der Waals surface area (Å²) >= 11 is 0. The van der Waals surface area contributed by atoms with Crippen LogP contribution in [-0.4, -0.2) is 10.6 Å². The lowest BCUT2D eigenvalue weighted by Crippen LogP contribution is -2.48. The number of allylic oxidation sites excluding steroid dienone is 2. The van der Waals surface area contributed by atoms with E-state index in [1.54, 1.807) is 18.2 Å². The second kappa shape index (κ2) is 4.15. The van der Waals surface area contributed by atoms with E-state index in [1.165, 1.54) is 6.08 Å². The predicted octanol–water partition coefficient (Wildman–Crippen LogP) is 0.830. The van der Waals surface area contributed by atoms with Crippen LogP contribution in [0, 0.1) is 10.1 Å². The molecule has 2 rings (SSSR count). The number of hydrogen-bond donors (Lipinski definition) is 3. The quantitative estimate of drug-likeness (QED) is 0.309. The van der Waals surface area contributed by atoms with Gasteiger partial charge in [0.15, 0.2) is 0 Å². The number of hydrogen-bond acceptors (Lipinski definition) is 5. The summed E-state index contributed by atoms with van der Waals surface area (Å²) in [5, 5.41) is 10.8. The molecule has 1 unspecified atom stereocenters. The second-order valence-electron chi connectivity index (χ2n) is 4.32. The van der Waals surface area contributed by atoms with Crippen molar-refractivity contribution in [2.75, 3.05) is 5.73 Å². The highest BCUT2D eigenvalue weighted by Crippen LogP contribution is 2.29. The molecule has 1 aliphatic rings. The van der Waals surface area contributed by atoms with Crippen LogP contribution in [0.5, 0.6) is 0 Å². The van der Waals surface area contributed by atoms with Crippen molar-refractivity contribution in [3.8, 4) is 0 Å². The van der Waals surface area contributed by atoms with E-state index in [4.69, 9.17) is 17.2 Å². The number of nitro groups is 1. The normalized spacial score (nSPS) is 23.2. The number of anilines is 1. The third kappa shape index (κ3) is 2.05. The Hall–Kier alpha value is -2.34. The van der Waals surface area contributed by atoms with Crippen LogP contribution in [0.15, 0.2) is 42.1 Å². The maximum absolute atomic E-state index is 10.8. The van der Waals surface area contributed by atoms with E-state index in [0.717, 1.165) is 11.1 Å². The van der Waals surface area contributed by atoms with Crippen LogP contribution in [0.4, 0.5) is 5.69 Å². The van der Waals surface area contributed by atoms with Gasteiger partial charge in [-0.3, -0.25) is 15.8 Å². The second-order valence-corrected chi connectivity index (χ2v) is 4.32. The van der Waals surface area contributed by atoms with Gasteiger partial charge in [-0.05, 0) is 23.8 Å². The fourth-order valence-electron chi connectivity index (χ4n) is 1.86. The van der Waals surface area contributed by atoms with Crippen molar-refractivity contribution in [3.05, 3.63) is 57.8 Å². The van der Waals surface area contributed by atoms with Crippen molar-refractivity contribution >= 4 is 11.3 Å². The number of nitrogens with two attached hydrogens (primary N) is 3. The summed E-state index contributed by atoms with van der Waals surface area (Å²) in [5.41, 5.74) is 18.2. The molecule has 18 heavy (non-hydrogen) atoms. The van der Waals surface area contributed by atoms with Crippen LogP contribution in [0.1, 0.15) is 12.0 Å². The molecule has 0 saturated heterocycles. The highest BCUT2D eigenvalue weighted by molar-refractivity contribution is 5.78. The van der Waals surface area contributed by atoms with Crippen molar-refractivity contribution < 1.29 is 4.92 Å². The van der Waals surface area contributed by atoms with E-state index in [0.29, 0.717) is 11.4 Å². The third-order valence-electron chi connectivity index (χ3n) is 2.92. The smallest absolute Gasteiger partial charge is 0.297 e. The highest BCUT2D eigenvalue weighted by Gasteiger charge is 2.38. The molecule has 0 fully saturated rings. The maximum atomic E-state index is 10.8. The summed E-state index contributed by atoms with van der Waals surface area (Å²) in [6.07, 6.45) is 2.96. The van der Waals surface area contributed by atoms with Crippen molar-refractivity contribution in [2.45, 2.75) is 12.1 Å². The molecule has 0 spiro atoms. The zero-order valence-corrected chi connectivity index (χ0v) is 9.67. The van der Waals surface area contributed by atoms with Crippen LogP contribution in [-0.2, 0) is 0 Å². The summed E-state index contributed by atoms with van der Waals surface area (Å²) in [5.74, 6) is 0. The first-order valence-electron chi connectivity index (χ1n) is 5.39. The highest BCUT2D eigenvalue weighted by atomic mass is 16.6. The average molecular weight is 246 g/mol. The van der Waals surface area contributed by atoms with Gasteiger partial charge < -0.3 is 11.5 Å². The van der Waals surface area contributed by atoms with Crippen molar-refractivity contribution in [2.24, 2.45) is 11.5 Å². The fourth-order valence-corrected chi connectivity index (χ4v) is 1.86. The van der Waals surface area contributed by atoms with Crippen LogP contribution in [0.3, 0.4) is 0 Å². The molecule has 0 saturated carbocycles. The molecule has 94 valence electrons. The van der Waals surface area contributed by atoms with Crippen LogP contribution >= 0.6 is 0 Å². The van der Waals surface area contributed by atoms with Gasteiger partial charge in [0.2, 0.25) is 0 Å². The Morgan fingerprint density at radius 3 is 2.33 bits per heavy atom. The van der Waals surface area contributed by atoms with E-state index in [-0.39, 0.29) is 6.42 Å². The van der Waals surface area contributed by atoms with Gasteiger partial charge in [0.05, 0.1) is 6.42 Å². The summed E-state index contributed by atoms with van der Waals surface area (Å²) in [6, 6.07) is 7.14. The number of nitrogen functional groups attached to an aromatic ring is 1. The van der Waals surface area contributed by atoms with E-state index in [2.05, 4.69) is 0 Å². The molecule has 6 heteroatoms. The van der Waals surface area contributed by atoms with Crippen LogP contribution < -0.4 is 17.2 Å². The van der Waals surface area contributed by atoms with Gasteiger partial charge in [0.25, 0.3) is 5.66 Å². The topological polar surface area (TPSA) is 121 Å². The Balaban J connectivity index is 2.35. The molecule has 6 N–H and O–H groups in total. The van der Waals surface area contributed by atoms with E-state index >= 15 is 0 Å². The van der Waals surface area contributed by atoms with Crippen molar-refractivity contribution in [1.29, 1.82) is 0 Å². The minimum atomic E-state index is -1.61. The summed E-state index contributed by atoms with van der Waals surface area (Å²) in [6.45, 7) is 0. The first kappa shape index (κ1) is 12.1. The summed E-state index contributed by atoms with van der Waals surface area (Å²) < 4.78 is 0. The van der Waals surface area contributed by atoms with E-state index in [1.807, 2.05) is 12.1 Å². The molecule has 1 aromatic carbocycles. The lowest BCUT2D eigenvalue weighted by atomic mass is 9.91. The average Bonchev–Trinajstić information content (AvgIpc) is 2.31. The lowest BCUT2D eigenvalue weighted by molar-refractivity contribution is -0.553. The van der Waals surface area contributed by atoms with E-state index < -0.39 is 10.6 Å². The molecule has 1 atom stereocenters. The van der Waals surface area contributed by atoms with Crippen molar-refractivity contribution in [3.63, 3.8) is 0 Å². The molecule has 0 aromatic heterocycles. The molecule has 1 aliphatic carbocycles. The molecule has 1 aromatic rings. The van der Waals surface area contributed by atoms with Gasteiger partial charge in [-0.1, -0.05) is 12.1 Å². The zero-order chi connectivity index (χ0) is 13.3. The zero-order valence-electron chi connectivity index (χ0n) is 9.67. The Kier molecular flexibility index (Phi) is 2.80. The first-order chi connectivity index (χ1) is 8.42. The van der Waals surface area contributed by atoms with Gasteiger partial charge in [-0.15, -0.1) is 0 Å². The lowest BCUT2D eigenvalue weighted by Gasteiger charge is -2.22. The molecule has 0 amide bonds. The van der Waals surface area contributed by atoms with Gasteiger partial charge in [0.1, 0.15) is 0 Å². The maximum Gasteiger partial charge on any atom is 0.297 e. The molecule has 0 bridgehead atoms. The third-order valence-corrected chi connectivity index (χ3v) is 2.92. The number of benzene rings is 1. The minimum Gasteiger partial charge on any atom is -0.401 e. The largest absolute Gasteiger partial charge is 0.401 e. The van der Waals surface area contributed by atoms with E-state index in [9.17, 15) is 10.1 Å². The first-order valence-corrected chi connectivity index (χ1v) is 5.39. The molecule has 0 radical (unpaired) electrons. The summed E-state index contributed by atoms with van der Waals surface area (Å²) in [7, 11) is 0. The number of rotatable bonds is 2. The monoisotopic (exact) mass is 246 g/mol. The summed E-state index contributed by atoms with van der Waals surface area (Å²) in [4.78, 5) is 10.3. The molecule has 6 nitrogen and oxygen atoms in total. The molecule has 0 heterocycles. The Morgan fingerprint density at radius 1 is 1.22 bits per heavy atom. The minimum absolute atomic E-state index is 0.00376. The predicted molar refractivity (Wildman–Crippen MR) is 69.6 cm³/mol. The van der Waals surface area contributed by atoms with Gasteiger partial charge in [-0.2, -0.15) is 0 Å². The standard InChI is InChI=1S/C12H14N4O2/c13-9-3-1-8(2-4-9)10-5-6-12(15,16(17)18)7-11(10)14/h1-6H,7,13-15H2. The molecular weight excluding hydrogens is 232 g/mol. The van der Waals surface area contributed by atoms with Gasteiger partial charge in [-0.25, -0.2) is 0 Å². The number of nitrogens with zero attached hydrogens (tertiary/aromatic N) is 1. The molecule has 0 aliphatic heterocycles. The molecular formula is C12H14N4O2. The Labute approximate surface area is 104 Å².